The van der Waals surface area contributed by atoms with Crippen molar-refractivity contribution in [3.8, 4) is 0 Å². The van der Waals surface area contributed by atoms with Crippen LogP contribution >= 0.6 is 0 Å². The summed E-state index contributed by atoms with van der Waals surface area (Å²) in [6, 6.07) is 0.592. The number of hydrogen-bond acceptors (Lipinski definition) is 4. The molecule has 1 rings (SSSR count). The third-order valence-electron chi connectivity index (χ3n) is 3.13. The van der Waals surface area contributed by atoms with E-state index in [2.05, 4.69) is 23.6 Å². The molecule has 0 aliphatic carbocycles. The molecular weight excluding hydrogens is 224 g/mol. The second kappa shape index (κ2) is 5.98. The Morgan fingerprint density at radius 3 is 2.38 bits per heavy atom. The van der Waals surface area contributed by atoms with Gasteiger partial charge in [0.1, 0.15) is 9.84 Å². The molecule has 0 aromatic carbocycles. The van der Waals surface area contributed by atoms with Gasteiger partial charge in [0.2, 0.25) is 0 Å². The van der Waals surface area contributed by atoms with E-state index < -0.39 is 9.84 Å². The Kier molecular flexibility index (Phi) is 5.21. The molecule has 1 heterocycles. The van der Waals surface area contributed by atoms with Gasteiger partial charge in [-0.15, -0.1) is 0 Å². The second-order valence-corrected chi connectivity index (χ2v) is 7.21. The van der Waals surface area contributed by atoms with Crippen LogP contribution in [-0.2, 0) is 9.84 Å². The van der Waals surface area contributed by atoms with E-state index >= 15 is 0 Å². The van der Waals surface area contributed by atoms with Crippen LogP contribution in [0.4, 0.5) is 0 Å². The number of nitrogens with zero attached hydrogens (tertiary/aromatic N) is 2. The molecule has 0 N–H and O–H groups in total. The smallest absolute Gasteiger partial charge is 0.148 e. The predicted octanol–water partition coefficient (Wildman–Crippen LogP) is 0.447. The highest BCUT2D eigenvalue weighted by Gasteiger charge is 2.17. The molecule has 0 bridgehead atoms. The Hall–Kier alpha value is -0.130. The average molecular weight is 248 g/mol. The topological polar surface area (TPSA) is 40.6 Å². The fraction of sp³-hybridized carbons (Fsp3) is 1.00. The van der Waals surface area contributed by atoms with Gasteiger partial charge in [0, 0.05) is 31.9 Å². The van der Waals surface area contributed by atoms with Crippen LogP contribution in [0, 0.1) is 0 Å². The molecule has 1 aliphatic heterocycles. The van der Waals surface area contributed by atoms with Gasteiger partial charge in [-0.25, -0.2) is 8.42 Å². The lowest BCUT2D eigenvalue weighted by Crippen LogP contribution is -2.36. The molecule has 96 valence electrons. The third kappa shape index (κ3) is 5.27. The molecule has 1 saturated heterocycles. The van der Waals surface area contributed by atoms with Gasteiger partial charge in [0.05, 0.1) is 5.75 Å². The van der Waals surface area contributed by atoms with E-state index in [1.165, 1.54) is 6.26 Å². The van der Waals surface area contributed by atoms with E-state index in [0.717, 1.165) is 32.6 Å². The van der Waals surface area contributed by atoms with E-state index in [1.54, 1.807) is 0 Å². The largest absolute Gasteiger partial charge is 0.301 e. The maximum absolute atomic E-state index is 11.1. The van der Waals surface area contributed by atoms with Crippen molar-refractivity contribution in [3.63, 3.8) is 0 Å². The van der Waals surface area contributed by atoms with Gasteiger partial charge in [-0.2, -0.15) is 0 Å². The Bertz CT molecular complexity index is 301. The van der Waals surface area contributed by atoms with Crippen molar-refractivity contribution < 1.29 is 8.42 Å². The Morgan fingerprint density at radius 2 is 1.81 bits per heavy atom. The van der Waals surface area contributed by atoms with E-state index in [4.69, 9.17) is 0 Å². The quantitative estimate of drug-likeness (QED) is 0.724. The molecule has 0 aromatic heterocycles. The van der Waals surface area contributed by atoms with E-state index in [-0.39, 0.29) is 5.75 Å². The summed E-state index contributed by atoms with van der Waals surface area (Å²) in [6.07, 6.45) is 2.45. The van der Waals surface area contributed by atoms with Gasteiger partial charge < -0.3 is 4.90 Å². The van der Waals surface area contributed by atoms with Gasteiger partial charge in [-0.1, -0.05) is 0 Å². The first-order chi connectivity index (χ1) is 7.38. The minimum atomic E-state index is -2.82. The average Bonchev–Trinajstić information content (AvgIpc) is 2.38. The molecule has 16 heavy (non-hydrogen) atoms. The highest BCUT2D eigenvalue weighted by Crippen LogP contribution is 2.06. The number of hydrogen-bond donors (Lipinski definition) is 0. The standard InChI is InChI=1S/C11H24N2O2S/c1-11(2)13-6-4-5-12(7-8-13)9-10-16(3,14)15/h11H,4-10H2,1-3H3. The maximum Gasteiger partial charge on any atom is 0.148 e. The molecule has 0 radical (unpaired) electrons. The van der Waals surface area contributed by atoms with Crippen LogP contribution in [0.3, 0.4) is 0 Å². The normalized spacial score (nSPS) is 21.2. The first-order valence-electron chi connectivity index (χ1n) is 6.02. The summed E-state index contributed by atoms with van der Waals surface area (Å²) in [5.74, 6) is 0.286. The summed E-state index contributed by atoms with van der Waals surface area (Å²) in [5, 5.41) is 0. The van der Waals surface area contributed by atoms with Crippen molar-refractivity contribution in [1.29, 1.82) is 0 Å². The van der Waals surface area contributed by atoms with Crippen LogP contribution in [0.5, 0.6) is 0 Å². The predicted molar refractivity (Wildman–Crippen MR) is 67.5 cm³/mol. The molecular formula is C11H24N2O2S. The summed E-state index contributed by atoms with van der Waals surface area (Å²) in [6.45, 7) is 9.32. The summed E-state index contributed by atoms with van der Waals surface area (Å²) in [4.78, 5) is 4.73. The Morgan fingerprint density at radius 1 is 1.12 bits per heavy atom. The lowest BCUT2D eigenvalue weighted by Gasteiger charge is -2.24. The molecule has 0 aromatic rings. The Labute approximate surface area is 99.5 Å². The minimum Gasteiger partial charge on any atom is -0.301 e. The number of rotatable bonds is 4. The molecule has 1 fully saturated rings. The lowest BCUT2D eigenvalue weighted by atomic mass is 10.3. The first-order valence-corrected chi connectivity index (χ1v) is 8.08. The minimum absolute atomic E-state index is 0.286. The maximum atomic E-state index is 11.1. The summed E-state index contributed by atoms with van der Waals surface area (Å²) in [7, 11) is -2.82. The zero-order valence-electron chi connectivity index (χ0n) is 10.6. The van der Waals surface area contributed by atoms with Crippen LogP contribution in [0.25, 0.3) is 0 Å². The van der Waals surface area contributed by atoms with Gasteiger partial charge in [0.25, 0.3) is 0 Å². The van der Waals surface area contributed by atoms with Crippen molar-refractivity contribution in [2.24, 2.45) is 0 Å². The van der Waals surface area contributed by atoms with Gasteiger partial charge in [0.15, 0.2) is 0 Å². The van der Waals surface area contributed by atoms with Crippen LogP contribution in [0.1, 0.15) is 20.3 Å². The SMILES string of the molecule is CC(C)N1CCCN(CCS(C)(=O)=O)CC1. The molecule has 0 spiro atoms. The molecule has 0 saturated carbocycles. The molecule has 5 heteroatoms. The van der Waals surface area contributed by atoms with Gasteiger partial charge in [-0.05, 0) is 33.4 Å². The molecule has 1 aliphatic rings. The fourth-order valence-corrected chi connectivity index (χ4v) is 2.62. The highest BCUT2D eigenvalue weighted by atomic mass is 32.2. The third-order valence-corrected chi connectivity index (χ3v) is 4.06. The van der Waals surface area contributed by atoms with E-state index in [0.29, 0.717) is 12.6 Å². The molecule has 0 atom stereocenters. The van der Waals surface area contributed by atoms with Gasteiger partial charge in [-0.3, -0.25) is 4.90 Å². The highest BCUT2D eigenvalue weighted by molar-refractivity contribution is 7.90. The van der Waals surface area contributed by atoms with Crippen molar-refractivity contribution >= 4 is 9.84 Å². The van der Waals surface area contributed by atoms with Crippen molar-refractivity contribution in [3.05, 3.63) is 0 Å². The molecule has 0 amide bonds. The van der Waals surface area contributed by atoms with Crippen molar-refractivity contribution in [1.82, 2.24) is 9.80 Å². The second-order valence-electron chi connectivity index (χ2n) is 4.95. The fourth-order valence-electron chi connectivity index (χ4n) is 2.03. The van der Waals surface area contributed by atoms with E-state index in [1.807, 2.05) is 0 Å². The zero-order chi connectivity index (χ0) is 12.2. The summed E-state index contributed by atoms with van der Waals surface area (Å²) < 4.78 is 22.2. The Balaban J connectivity index is 2.36. The monoisotopic (exact) mass is 248 g/mol. The van der Waals surface area contributed by atoms with Gasteiger partial charge >= 0.3 is 0 Å². The van der Waals surface area contributed by atoms with Crippen LogP contribution in [-0.4, -0.2) is 69.0 Å². The van der Waals surface area contributed by atoms with Crippen molar-refractivity contribution in [2.45, 2.75) is 26.3 Å². The van der Waals surface area contributed by atoms with Crippen LogP contribution < -0.4 is 0 Å². The van der Waals surface area contributed by atoms with Crippen LogP contribution in [0.2, 0.25) is 0 Å². The molecule has 0 unspecified atom stereocenters. The zero-order valence-corrected chi connectivity index (χ0v) is 11.5. The summed E-state index contributed by atoms with van der Waals surface area (Å²) >= 11 is 0. The summed E-state index contributed by atoms with van der Waals surface area (Å²) in [5.41, 5.74) is 0. The number of sulfone groups is 1. The van der Waals surface area contributed by atoms with Crippen LogP contribution in [0.15, 0.2) is 0 Å². The van der Waals surface area contributed by atoms with Crippen molar-refractivity contribution in [2.75, 3.05) is 44.7 Å². The lowest BCUT2D eigenvalue weighted by molar-refractivity contribution is 0.223. The first kappa shape index (κ1) is 13.9. The molecule has 4 nitrogen and oxygen atoms in total. The van der Waals surface area contributed by atoms with E-state index in [9.17, 15) is 8.42 Å².